The van der Waals surface area contributed by atoms with Crippen molar-refractivity contribution in [2.75, 3.05) is 7.11 Å². The monoisotopic (exact) mass is 248 g/mol. The van der Waals surface area contributed by atoms with Gasteiger partial charge in [-0.05, 0) is 12.1 Å². The zero-order chi connectivity index (χ0) is 11.7. The molecule has 2 nitrogen and oxygen atoms in total. The number of hydrogen-bond donors (Lipinski definition) is 0. The lowest BCUT2D eigenvalue weighted by Crippen LogP contribution is -2.52. The average molecular weight is 249 g/mol. The summed E-state index contributed by atoms with van der Waals surface area (Å²) in [5, 5.41) is -0.112. The first-order valence-electron chi connectivity index (χ1n) is 4.90. The van der Waals surface area contributed by atoms with Crippen molar-refractivity contribution in [1.82, 2.24) is 0 Å². The molecule has 1 aliphatic carbocycles. The lowest BCUT2D eigenvalue weighted by molar-refractivity contribution is -0.0596. The van der Waals surface area contributed by atoms with E-state index in [1.54, 1.807) is 0 Å². The summed E-state index contributed by atoms with van der Waals surface area (Å²) in [6, 6.07) is 3.20. The molecule has 1 fully saturated rings. The highest BCUT2D eigenvalue weighted by Crippen LogP contribution is 2.33. The van der Waals surface area contributed by atoms with Gasteiger partial charge in [0.05, 0.1) is 5.38 Å². The molecule has 0 radical (unpaired) electrons. The minimum atomic E-state index is -0.715. The minimum Gasteiger partial charge on any atom is -0.485 e. The van der Waals surface area contributed by atoms with E-state index >= 15 is 0 Å². The van der Waals surface area contributed by atoms with Crippen LogP contribution in [0, 0.1) is 11.6 Å². The molecule has 0 saturated heterocycles. The molecule has 1 aromatic carbocycles. The predicted octanol–water partition coefficient (Wildman–Crippen LogP) is 2.74. The molecule has 16 heavy (non-hydrogen) atoms. The number of benzene rings is 1. The zero-order valence-corrected chi connectivity index (χ0v) is 9.38. The van der Waals surface area contributed by atoms with Crippen molar-refractivity contribution in [2.24, 2.45) is 0 Å². The van der Waals surface area contributed by atoms with Crippen molar-refractivity contribution in [1.29, 1.82) is 0 Å². The highest BCUT2D eigenvalue weighted by atomic mass is 35.5. The Kier molecular flexibility index (Phi) is 3.30. The molecule has 0 aliphatic heterocycles. The highest BCUT2D eigenvalue weighted by molar-refractivity contribution is 6.21. The quantitative estimate of drug-likeness (QED) is 0.766. The molecule has 3 atom stereocenters. The van der Waals surface area contributed by atoms with Crippen LogP contribution in [0.5, 0.6) is 5.75 Å². The number of rotatable bonds is 3. The van der Waals surface area contributed by atoms with Crippen LogP contribution in [-0.4, -0.2) is 24.7 Å². The van der Waals surface area contributed by atoms with Gasteiger partial charge in [-0.2, -0.15) is 0 Å². The summed E-state index contributed by atoms with van der Waals surface area (Å²) >= 11 is 5.88. The van der Waals surface area contributed by atoms with E-state index in [4.69, 9.17) is 21.1 Å². The molecule has 0 N–H and O–H groups in total. The Bertz CT molecular complexity index is 386. The maximum absolute atomic E-state index is 13.3. The van der Waals surface area contributed by atoms with E-state index in [0.29, 0.717) is 6.42 Å². The fourth-order valence-corrected chi connectivity index (χ4v) is 2.12. The number of hydrogen-bond acceptors (Lipinski definition) is 2. The van der Waals surface area contributed by atoms with E-state index in [-0.39, 0.29) is 23.3 Å². The Balaban J connectivity index is 2.04. The van der Waals surface area contributed by atoms with Gasteiger partial charge in [0.1, 0.15) is 18.0 Å². The van der Waals surface area contributed by atoms with Crippen LogP contribution >= 0.6 is 11.6 Å². The molecule has 1 aromatic rings. The van der Waals surface area contributed by atoms with Gasteiger partial charge in [-0.1, -0.05) is 0 Å². The maximum atomic E-state index is 13.3. The van der Waals surface area contributed by atoms with Crippen LogP contribution in [-0.2, 0) is 4.74 Å². The van der Waals surface area contributed by atoms with Crippen molar-refractivity contribution in [3.63, 3.8) is 0 Å². The third-order valence-corrected chi connectivity index (χ3v) is 3.05. The Morgan fingerprint density at radius 3 is 2.69 bits per heavy atom. The van der Waals surface area contributed by atoms with Crippen LogP contribution in [0.4, 0.5) is 8.78 Å². The van der Waals surface area contributed by atoms with Gasteiger partial charge in [-0.25, -0.2) is 8.78 Å². The van der Waals surface area contributed by atoms with Crippen molar-refractivity contribution in [3.05, 3.63) is 29.8 Å². The van der Waals surface area contributed by atoms with E-state index < -0.39 is 11.6 Å². The lowest BCUT2D eigenvalue weighted by atomic mass is 9.91. The second-order valence-corrected chi connectivity index (χ2v) is 4.24. The Morgan fingerprint density at radius 2 is 2.12 bits per heavy atom. The second-order valence-electron chi connectivity index (χ2n) is 3.68. The largest absolute Gasteiger partial charge is 0.485 e. The fraction of sp³-hybridized carbons (Fsp3) is 0.455. The molecule has 0 spiro atoms. The highest BCUT2D eigenvalue weighted by Gasteiger charge is 2.42. The third kappa shape index (κ3) is 2.13. The maximum Gasteiger partial charge on any atom is 0.167 e. The number of halogens is 3. The molecule has 0 amide bonds. The van der Waals surface area contributed by atoms with Crippen LogP contribution in [0.2, 0.25) is 0 Å². The molecule has 88 valence electrons. The van der Waals surface area contributed by atoms with Crippen molar-refractivity contribution >= 4 is 11.6 Å². The van der Waals surface area contributed by atoms with Crippen LogP contribution < -0.4 is 4.74 Å². The van der Waals surface area contributed by atoms with Crippen molar-refractivity contribution in [2.45, 2.75) is 24.0 Å². The molecular weight excluding hydrogens is 238 g/mol. The first-order valence-corrected chi connectivity index (χ1v) is 5.34. The zero-order valence-electron chi connectivity index (χ0n) is 8.62. The van der Waals surface area contributed by atoms with Gasteiger partial charge in [-0.3, -0.25) is 0 Å². The molecule has 2 rings (SSSR count). The molecule has 1 saturated carbocycles. The van der Waals surface area contributed by atoms with Gasteiger partial charge in [0.15, 0.2) is 11.6 Å². The standard InChI is InChI=1S/C11H11ClF2O2/c1-15-11-7(12)5-10(11)16-9-3-2-6(13)4-8(9)14/h2-4,7,10-11H,5H2,1H3. The first kappa shape index (κ1) is 11.6. The van der Waals surface area contributed by atoms with Crippen LogP contribution in [0.1, 0.15) is 6.42 Å². The van der Waals surface area contributed by atoms with Crippen LogP contribution in [0.15, 0.2) is 18.2 Å². The molecule has 1 aliphatic rings. The number of ether oxygens (including phenoxy) is 2. The molecule has 5 heteroatoms. The fourth-order valence-electron chi connectivity index (χ4n) is 1.68. The summed E-state index contributed by atoms with van der Waals surface area (Å²) < 4.78 is 36.4. The third-order valence-electron chi connectivity index (χ3n) is 2.62. The van der Waals surface area contributed by atoms with E-state index in [0.717, 1.165) is 12.1 Å². The number of alkyl halides is 1. The van der Waals surface area contributed by atoms with Gasteiger partial charge >= 0.3 is 0 Å². The summed E-state index contributed by atoms with van der Waals surface area (Å²) in [5.74, 6) is -1.32. The van der Waals surface area contributed by atoms with Gasteiger partial charge in [0.2, 0.25) is 0 Å². The molecule has 3 unspecified atom stereocenters. The molecule has 0 bridgehead atoms. The SMILES string of the molecule is COC1C(Cl)CC1Oc1ccc(F)cc1F. The topological polar surface area (TPSA) is 18.5 Å². The summed E-state index contributed by atoms with van der Waals surface area (Å²) in [6.45, 7) is 0. The number of methoxy groups -OCH3 is 1. The Morgan fingerprint density at radius 1 is 1.38 bits per heavy atom. The van der Waals surface area contributed by atoms with E-state index in [1.165, 1.54) is 13.2 Å². The molecule has 0 aromatic heterocycles. The van der Waals surface area contributed by atoms with Crippen molar-refractivity contribution < 1.29 is 18.3 Å². The first-order chi connectivity index (χ1) is 7.61. The van der Waals surface area contributed by atoms with E-state index in [1.807, 2.05) is 0 Å². The van der Waals surface area contributed by atoms with Crippen LogP contribution in [0.3, 0.4) is 0 Å². The molecule has 0 heterocycles. The molecular formula is C11H11ClF2O2. The predicted molar refractivity (Wildman–Crippen MR) is 55.8 cm³/mol. The Labute approximate surface area is 97.1 Å². The summed E-state index contributed by atoms with van der Waals surface area (Å²) in [7, 11) is 1.52. The minimum absolute atomic E-state index is 0.0250. The van der Waals surface area contributed by atoms with Gasteiger partial charge < -0.3 is 9.47 Å². The average Bonchev–Trinajstić information content (AvgIpc) is 2.21. The van der Waals surface area contributed by atoms with Gasteiger partial charge in [0, 0.05) is 19.6 Å². The van der Waals surface area contributed by atoms with Crippen molar-refractivity contribution in [3.8, 4) is 5.75 Å². The Hall–Kier alpha value is -0.870. The summed E-state index contributed by atoms with van der Waals surface area (Å²) in [5.41, 5.74) is 0. The normalized spacial score (nSPS) is 28.6. The smallest absolute Gasteiger partial charge is 0.167 e. The lowest BCUT2D eigenvalue weighted by Gasteiger charge is -2.39. The van der Waals surface area contributed by atoms with Crippen LogP contribution in [0.25, 0.3) is 0 Å². The van der Waals surface area contributed by atoms with E-state index in [2.05, 4.69) is 0 Å². The van der Waals surface area contributed by atoms with E-state index in [9.17, 15) is 8.78 Å². The van der Waals surface area contributed by atoms with Gasteiger partial charge in [-0.15, -0.1) is 11.6 Å². The summed E-state index contributed by atoms with van der Waals surface area (Å²) in [4.78, 5) is 0. The van der Waals surface area contributed by atoms with Gasteiger partial charge in [0.25, 0.3) is 0 Å². The second kappa shape index (κ2) is 4.55. The summed E-state index contributed by atoms with van der Waals surface area (Å²) in [6.07, 6.45) is 0.0789.